The van der Waals surface area contributed by atoms with Gasteiger partial charge in [-0.05, 0) is 43.7 Å². The van der Waals surface area contributed by atoms with Crippen molar-refractivity contribution in [3.63, 3.8) is 0 Å². The van der Waals surface area contributed by atoms with Gasteiger partial charge in [-0.3, -0.25) is 0 Å². The maximum atomic E-state index is 6.17. The average Bonchev–Trinajstić information content (AvgIpc) is 2.26. The third-order valence-corrected chi connectivity index (χ3v) is 3.14. The van der Waals surface area contributed by atoms with Gasteiger partial charge >= 0.3 is 0 Å². The lowest BCUT2D eigenvalue weighted by molar-refractivity contribution is 0.327. The Morgan fingerprint density at radius 1 is 1.25 bits per heavy atom. The highest BCUT2D eigenvalue weighted by atomic mass is 35.5. The molecular weight excluding hydrogens is 222 g/mol. The SMILES string of the molecule is COc1ccc(C2=C(Cl)CN2C(C)C)cc1. The maximum absolute atomic E-state index is 6.17. The van der Waals surface area contributed by atoms with Gasteiger partial charge in [-0.1, -0.05) is 11.6 Å². The smallest absolute Gasteiger partial charge is 0.118 e. The molecule has 0 spiro atoms. The average molecular weight is 238 g/mol. The lowest BCUT2D eigenvalue weighted by Gasteiger charge is -2.40. The van der Waals surface area contributed by atoms with Crippen molar-refractivity contribution in [3.05, 3.63) is 34.9 Å². The number of rotatable bonds is 3. The van der Waals surface area contributed by atoms with Crippen LogP contribution in [0.5, 0.6) is 5.75 Å². The summed E-state index contributed by atoms with van der Waals surface area (Å²) in [6.45, 7) is 5.21. The van der Waals surface area contributed by atoms with Gasteiger partial charge in [0, 0.05) is 6.04 Å². The lowest BCUT2D eigenvalue weighted by Crippen LogP contribution is -2.38. The summed E-state index contributed by atoms with van der Waals surface area (Å²) in [7, 11) is 1.67. The van der Waals surface area contributed by atoms with Crippen molar-refractivity contribution < 1.29 is 4.74 Å². The molecule has 1 aromatic rings. The number of hydrogen-bond donors (Lipinski definition) is 0. The molecule has 0 radical (unpaired) electrons. The predicted octanol–water partition coefficient (Wildman–Crippen LogP) is 3.33. The molecule has 0 unspecified atom stereocenters. The van der Waals surface area contributed by atoms with E-state index in [2.05, 4.69) is 18.7 Å². The van der Waals surface area contributed by atoms with E-state index in [9.17, 15) is 0 Å². The Labute approximate surface area is 101 Å². The van der Waals surface area contributed by atoms with Crippen LogP contribution in [-0.2, 0) is 0 Å². The first-order valence-corrected chi connectivity index (χ1v) is 5.81. The topological polar surface area (TPSA) is 12.5 Å². The van der Waals surface area contributed by atoms with Crippen molar-refractivity contribution in [2.75, 3.05) is 13.7 Å². The quantitative estimate of drug-likeness (QED) is 0.800. The normalized spacial score (nSPS) is 15.4. The van der Waals surface area contributed by atoms with E-state index in [0.29, 0.717) is 6.04 Å². The van der Waals surface area contributed by atoms with Gasteiger partial charge in [-0.25, -0.2) is 0 Å². The Bertz CT molecular complexity index is 408. The van der Waals surface area contributed by atoms with Crippen LogP contribution in [0.25, 0.3) is 5.70 Å². The standard InChI is InChI=1S/C13H16ClNO/c1-9(2)15-8-12(14)13(15)10-4-6-11(16-3)7-5-10/h4-7,9H,8H2,1-3H3. The third kappa shape index (κ3) is 1.90. The number of benzene rings is 1. The first kappa shape index (κ1) is 11.3. The molecule has 0 aromatic heterocycles. The van der Waals surface area contributed by atoms with E-state index in [0.717, 1.165) is 28.6 Å². The third-order valence-electron chi connectivity index (χ3n) is 2.84. The summed E-state index contributed by atoms with van der Waals surface area (Å²) in [5.74, 6) is 0.871. The van der Waals surface area contributed by atoms with Gasteiger partial charge in [0.1, 0.15) is 5.75 Å². The van der Waals surface area contributed by atoms with E-state index >= 15 is 0 Å². The molecule has 0 N–H and O–H groups in total. The highest BCUT2D eigenvalue weighted by molar-refractivity contribution is 6.34. The van der Waals surface area contributed by atoms with E-state index in [-0.39, 0.29) is 0 Å². The van der Waals surface area contributed by atoms with Gasteiger partial charge in [0.25, 0.3) is 0 Å². The van der Waals surface area contributed by atoms with Crippen LogP contribution in [0.15, 0.2) is 29.3 Å². The van der Waals surface area contributed by atoms with Gasteiger partial charge in [0.2, 0.25) is 0 Å². The van der Waals surface area contributed by atoms with E-state index < -0.39 is 0 Å². The van der Waals surface area contributed by atoms with Crippen molar-refractivity contribution in [1.29, 1.82) is 0 Å². The van der Waals surface area contributed by atoms with E-state index in [1.165, 1.54) is 0 Å². The molecule has 0 aliphatic carbocycles. The summed E-state index contributed by atoms with van der Waals surface area (Å²) in [6.07, 6.45) is 0. The second-order valence-electron chi connectivity index (χ2n) is 4.20. The Hall–Kier alpha value is -1.15. The molecule has 2 nitrogen and oxygen atoms in total. The largest absolute Gasteiger partial charge is 0.497 e. The van der Waals surface area contributed by atoms with Crippen molar-refractivity contribution in [1.82, 2.24) is 4.90 Å². The summed E-state index contributed by atoms with van der Waals surface area (Å²) in [6, 6.07) is 8.50. The first-order valence-electron chi connectivity index (χ1n) is 5.43. The first-order chi connectivity index (χ1) is 7.63. The minimum atomic E-state index is 0.486. The zero-order valence-corrected chi connectivity index (χ0v) is 10.6. The number of ether oxygens (including phenoxy) is 1. The number of methoxy groups -OCH3 is 1. The maximum Gasteiger partial charge on any atom is 0.118 e. The Kier molecular flexibility index (Phi) is 3.10. The van der Waals surface area contributed by atoms with Gasteiger partial charge in [0.05, 0.1) is 24.4 Å². The summed E-state index contributed by atoms with van der Waals surface area (Å²) in [5, 5.41) is 0.943. The van der Waals surface area contributed by atoms with Crippen molar-refractivity contribution in [2.24, 2.45) is 0 Å². The Morgan fingerprint density at radius 3 is 2.31 bits per heavy atom. The van der Waals surface area contributed by atoms with Crippen molar-refractivity contribution in [3.8, 4) is 5.75 Å². The number of nitrogens with zero attached hydrogens (tertiary/aromatic N) is 1. The van der Waals surface area contributed by atoms with Crippen LogP contribution in [-0.4, -0.2) is 24.6 Å². The fraction of sp³-hybridized carbons (Fsp3) is 0.385. The monoisotopic (exact) mass is 237 g/mol. The van der Waals surface area contributed by atoms with Gasteiger partial charge in [0.15, 0.2) is 0 Å². The molecule has 0 atom stereocenters. The van der Waals surface area contributed by atoms with E-state index in [1.54, 1.807) is 7.11 Å². The van der Waals surface area contributed by atoms with Gasteiger partial charge < -0.3 is 9.64 Å². The van der Waals surface area contributed by atoms with E-state index in [4.69, 9.17) is 16.3 Å². The van der Waals surface area contributed by atoms with Crippen LogP contribution in [0.4, 0.5) is 0 Å². The Balaban J connectivity index is 2.27. The molecule has 1 heterocycles. The predicted molar refractivity (Wildman–Crippen MR) is 67.6 cm³/mol. The van der Waals surface area contributed by atoms with Crippen LogP contribution >= 0.6 is 11.6 Å². The second-order valence-corrected chi connectivity index (χ2v) is 4.66. The molecule has 3 heteroatoms. The molecule has 86 valence electrons. The molecular formula is C13H16ClNO. The van der Waals surface area contributed by atoms with Crippen molar-refractivity contribution >= 4 is 17.3 Å². The molecule has 1 aliphatic rings. The summed E-state index contributed by atoms with van der Waals surface area (Å²) in [5.41, 5.74) is 2.31. The molecule has 0 amide bonds. The van der Waals surface area contributed by atoms with Gasteiger partial charge in [-0.15, -0.1) is 0 Å². The highest BCUT2D eigenvalue weighted by Crippen LogP contribution is 2.36. The fourth-order valence-electron chi connectivity index (χ4n) is 1.88. The minimum Gasteiger partial charge on any atom is -0.497 e. The second kappa shape index (κ2) is 4.38. The summed E-state index contributed by atoms with van der Waals surface area (Å²) < 4.78 is 5.14. The summed E-state index contributed by atoms with van der Waals surface area (Å²) >= 11 is 6.17. The minimum absolute atomic E-state index is 0.486. The molecule has 1 aliphatic heterocycles. The fourth-order valence-corrected chi connectivity index (χ4v) is 2.23. The molecule has 0 saturated carbocycles. The zero-order chi connectivity index (χ0) is 11.7. The van der Waals surface area contributed by atoms with Crippen LogP contribution in [0, 0.1) is 0 Å². The Morgan fingerprint density at radius 2 is 1.88 bits per heavy atom. The summed E-state index contributed by atoms with van der Waals surface area (Å²) in [4.78, 5) is 2.30. The van der Waals surface area contributed by atoms with Crippen LogP contribution < -0.4 is 4.74 Å². The van der Waals surface area contributed by atoms with Crippen LogP contribution in [0.1, 0.15) is 19.4 Å². The number of hydrogen-bond acceptors (Lipinski definition) is 2. The lowest BCUT2D eigenvalue weighted by atomic mass is 10.0. The molecule has 0 saturated heterocycles. The molecule has 1 aromatic carbocycles. The number of halogens is 1. The van der Waals surface area contributed by atoms with Gasteiger partial charge in [-0.2, -0.15) is 0 Å². The van der Waals surface area contributed by atoms with Crippen molar-refractivity contribution in [2.45, 2.75) is 19.9 Å². The zero-order valence-electron chi connectivity index (χ0n) is 9.83. The molecule has 16 heavy (non-hydrogen) atoms. The highest BCUT2D eigenvalue weighted by Gasteiger charge is 2.27. The van der Waals surface area contributed by atoms with Crippen LogP contribution in [0.2, 0.25) is 0 Å². The van der Waals surface area contributed by atoms with E-state index in [1.807, 2.05) is 24.3 Å². The molecule has 0 fully saturated rings. The molecule has 2 rings (SSSR count). The van der Waals surface area contributed by atoms with Crippen LogP contribution in [0.3, 0.4) is 0 Å². The molecule has 0 bridgehead atoms.